The number of aromatic nitrogens is 1. The third-order valence-electron chi connectivity index (χ3n) is 1.95. The molecule has 0 spiro atoms. The van der Waals surface area contributed by atoms with E-state index in [1.807, 2.05) is 0 Å². The summed E-state index contributed by atoms with van der Waals surface area (Å²) in [6.07, 6.45) is 1.60. The second-order valence-corrected chi connectivity index (χ2v) is 2.77. The van der Waals surface area contributed by atoms with Gasteiger partial charge in [-0.25, -0.2) is 8.78 Å². The Balaban J connectivity index is 2.92. The van der Waals surface area contributed by atoms with Crippen LogP contribution in [0.4, 0.5) is 8.78 Å². The quantitative estimate of drug-likeness (QED) is 0.650. The first-order valence-corrected chi connectivity index (χ1v) is 3.92. The molecule has 0 unspecified atom stereocenters. The number of carbonyl (C=O) groups is 1. The molecular weight excluding hydrogens is 188 g/mol. The van der Waals surface area contributed by atoms with E-state index in [-0.39, 0.29) is 17.2 Å². The van der Waals surface area contributed by atoms with Gasteiger partial charge in [0.05, 0.1) is 11.1 Å². The molecule has 1 aromatic heterocycles. The number of rotatable bonds is 1. The van der Waals surface area contributed by atoms with Crippen LogP contribution in [-0.4, -0.2) is 11.3 Å². The van der Waals surface area contributed by atoms with Crippen molar-refractivity contribution in [1.29, 1.82) is 0 Å². The van der Waals surface area contributed by atoms with Gasteiger partial charge in [-0.3, -0.25) is 9.78 Å². The fraction of sp³-hybridized carbons (Fsp3) is 0. The molecule has 0 saturated heterocycles. The van der Waals surface area contributed by atoms with E-state index in [1.54, 1.807) is 0 Å². The summed E-state index contributed by atoms with van der Waals surface area (Å²) in [6, 6.07) is 4.02. The normalized spacial score (nSPS) is 10.4. The lowest BCUT2D eigenvalue weighted by Gasteiger charge is -2.01. The molecule has 0 saturated carbocycles. The minimum absolute atomic E-state index is 0.149. The molecule has 0 radical (unpaired) electrons. The predicted octanol–water partition coefficient (Wildman–Crippen LogP) is 2.33. The van der Waals surface area contributed by atoms with Crippen LogP contribution in [0.1, 0.15) is 10.4 Å². The third-order valence-corrected chi connectivity index (χ3v) is 1.95. The number of nitrogens with zero attached hydrogens (tertiary/aromatic N) is 1. The SMILES string of the molecule is O=Cc1c(F)cc2ncccc2c1F. The molecule has 0 aliphatic carbocycles. The van der Waals surface area contributed by atoms with Gasteiger partial charge in [0.15, 0.2) is 6.29 Å². The molecule has 0 bridgehead atoms. The van der Waals surface area contributed by atoms with Crippen LogP contribution in [0.2, 0.25) is 0 Å². The highest BCUT2D eigenvalue weighted by Crippen LogP contribution is 2.20. The maximum absolute atomic E-state index is 13.4. The number of pyridine rings is 1. The van der Waals surface area contributed by atoms with Crippen LogP contribution >= 0.6 is 0 Å². The van der Waals surface area contributed by atoms with Crippen molar-refractivity contribution in [3.8, 4) is 0 Å². The van der Waals surface area contributed by atoms with Crippen LogP contribution in [0.25, 0.3) is 10.9 Å². The van der Waals surface area contributed by atoms with Crippen LogP contribution < -0.4 is 0 Å². The van der Waals surface area contributed by atoms with Crippen molar-refractivity contribution >= 4 is 17.2 Å². The molecular formula is C10H5F2NO. The molecule has 70 valence electrons. The largest absolute Gasteiger partial charge is 0.298 e. The third kappa shape index (κ3) is 1.16. The highest BCUT2D eigenvalue weighted by molar-refractivity contribution is 5.87. The minimum Gasteiger partial charge on any atom is -0.298 e. The Morgan fingerprint density at radius 1 is 1.36 bits per heavy atom. The first-order valence-electron chi connectivity index (χ1n) is 3.92. The summed E-state index contributed by atoms with van der Waals surface area (Å²) < 4.78 is 26.5. The smallest absolute Gasteiger partial charge is 0.155 e. The summed E-state index contributed by atoms with van der Waals surface area (Å²) in [7, 11) is 0. The number of hydrogen-bond acceptors (Lipinski definition) is 2. The van der Waals surface area contributed by atoms with E-state index in [2.05, 4.69) is 4.98 Å². The molecule has 0 aliphatic heterocycles. The first kappa shape index (κ1) is 8.74. The van der Waals surface area contributed by atoms with Gasteiger partial charge < -0.3 is 0 Å². The van der Waals surface area contributed by atoms with E-state index < -0.39 is 17.2 Å². The Labute approximate surface area is 78.2 Å². The van der Waals surface area contributed by atoms with Gasteiger partial charge in [-0.05, 0) is 12.1 Å². The summed E-state index contributed by atoms with van der Waals surface area (Å²) in [5.74, 6) is -1.74. The van der Waals surface area contributed by atoms with E-state index in [1.165, 1.54) is 18.3 Å². The van der Waals surface area contributed by atoms with Crippen LogP contribution in [-0.2, 0) is 0 Å². The van der Waals surface area contributed by atoms with E-state index >= 15 is 0 Å². The number of benzene rings is 1. The zero-order valence-electron chi connectivity index (χ0n) is 7.00. The van der Waals surface area contributed by atoms with Gasteiger partial charge in [-0.15, -0.1) is 0 Å². The molecule has 0 fully saturated rings. The highest BCUT2D eigenvalue weighted by atomic mass is 19.1. The van der Waals surface area contributed by atoms with Gasteiger partial charge in [0.2, 0.25) is 0 Å². The second kappa shape index (κ2) is 3.14. The first-order chi connectivity index (χ1) is 6.74. The zero-order valence-corrected chi connectivity index (χ0v) is 7.00. The number of fused-ring (bicyclic) bond motifs is 1. The molecule has 2 aromatic rings. The lowest BCUT2D eigenvalue weighted by molar-refractivity contribution is 0.111. The number of halogens is 2. The fourth-order valence-electron chi connectivity index (χ4n) is 1.27. The maximum Gasteiger partial charge on any atom is 0.155 e. The summed E-state index contributed by atoms with van der Waals surface area (Å²) in [5.41, 5.74) is -0.349. The van der Waals surface area contributed by atoms with Crippen molar-refractivity contribution < 1.29 is 13.6 Å². The Hall–Kier alpha value is -1.84. The summed E-state index contributed by atoms with van der Waals surface area (Å²) in [5, 5.41) is 0.149. The standard InChI is InChI=1S/C10H5F2NO/c11-8-4-9-6(2-1-3-13-9)10(12)7(8)5-14/h1-5H. The predicted molar refractivity (Wildman–Crippen MR) is 47.0 cm³/mol. The topological polar surface area (TPSA) is 30.0 Å². The monoisotopic (exact) mass is 193 g/mol. The molecule has 2 rings (SSSR count). The number of aldehydes is 1. The lowest BCUT2D eigenvalue weighted by atomic mass is 10.1. The summed E-state index contributed by atoms with van der Waals surface area (Å²) in [4.78, 5) is 14.2. The molecule has 1 heterocycles. The molecule has 0 atom stereocenters. The van der Waals surface area contributed by atoms with E-state index in [9.17, 15) is 13.6 Å². The van der Waals surface area contributed by atoms with Crippen molar-refractivity contribution in [1.82, 2.24) is 4.98 Å². The van der Waals surface area contributed by atoms with Crippen molar-refractivity contribution in [3.05, 3.63) is 41.6 Å². The Morgan fingerprint density at radius 3 is 2.86 bits per heavy atom. The van der Waals surface area contributed by atoms with Crippen LogP contribution in [0.5, 0.6) is 0 Å². The van der Waals surface area contributed by atoms with E-state index in [4.69, 9.17) is 0 Å². The van der Waals surface area contributed by atoms with Crippen LogP contribution in [0.3, 0.4) is 0 Å². The summed E-state index contributed by atoms with van der Waals surface area (Å²) >= 11 is 0. The average Bonchev–Trinajstić information content (AvgIpc) is 2.18. The lowest BCUT2D eigenvalue weighted by Crippen LogP contribution is -1.95. The van der Waals surface area contributed by atoms with Gasteiger partial charge in [-0.2, -0.15) is 0 Å². The summed E-state index contributed by atoms with van der Waals surface area (Å²) in [6.45, 7) is 0. The molecule has 0 aliphatic rings. The van der Waals surface area contributed by atoms with Gasteiger partial charge in [-0.1, -0.05) is 0 Å². The van der Waals surface area contributed by atoms with Crippen molar-refractivity contribution in [2.75, 3.05) is 0 Å². The number of hydrogen-bond donors (Lipinski definition) is 0. The van der Waals surface area contributed by atoms with Crippen LogP contribution in [0.15, 0.2) is 24.4 Å². The van der Waals surface area contributed by atoms with Crippen LogP contribution in [0, 0.1) is 11.6 Å². The maximum atomic E-state index is 13.4. The van der Waals surface area contributed by atoms with Gasteiger partial charge in [0.25, 0.3) is 0 Å². The number of carbonyl (C=O) groups excluding carboxylic acids is 1. The fourth-order valence-corrected chi connectivity index (χ4v) is 1.27. The van der Waals surface area contributed by atoms with E-state index in [0.717, 1.165) is 6.07 Å². The average molecular weight is 193 g/mol. The molecule has 1 aromatic carbocycles. The molecule has 4 heteroatoms. The Kier molecular flexibility index (Phi) is 1.96. The van der Waals surface area contributed by atoms with Crippen molar-refractivity contribution in [2.45, 2.75) is 0 Å². The zero-order chi connectivity index (χ0) is 10.1. The molecule has 14 heavy (non-hydrogen) atoms. The Bertz CT molecular complexity index is 511. The Morgan fingerprint density at radius 2 is 2.14 bits per heavy atom. The highest BCUT2D eigenvalue weighted by Gasteiger charge is 2.12. The van der Waals surface area contributed by atoms with Gasteiger partial charge in [0.1, 0.15) is 11.6 Å². The van der Waals surface area contributed by atoms with Crippen molar-refractivity contribution in [2.24, 2.45) is 0 Å². The van der Waals surface area contributed by atoms with E-state index in [0.29, 0.717) is 0 Å². The molecule has 0 amide bonds. The van der Waals surface area contributed by atoms with Gasteiger partial charge in [0, 0.05) is 17.6 Å². The minimum atomic E-state index is -0.885. The van der Waals surface area contributed by atoms with Gasteiger partial charge >= 0.3 is 0 Å². The second-order valence-electron chi connectivity index (χ2n) is 2.77. The molecule has 0 N–H and O–H groups in total. The van der Waals surface area contributed by atoms with Crippen molar-refractivity contribution in [3.63, 3.8) is 0 Å². The molecule has 2 nitrogen and oxygen atoms in total.